The highest BCUT2D eigenvalue weighted by Gasteiger charge is 2.66. The van der Waals surface area contributed by atoms with Crippen LogP contribution in [0, 0.1) is 23.0 Å². The summed E-state index contributed by atoms with van der Waals surface area (Å²) in [5, 5.41) is 9.85. The Hall–Kier alpha value is -4.83. The quantitative estimate of drug-likeness (QED) is 0.0507. The van der Waals surface area contributed by atoms with Crippen LogP contribution in [0.25, 0.3) is 22.3 Å². The number of likely N-dealkylation sites (tertiary alicyclic amines) is 1. The van der Waals surface area contributed by atoms with Crippen LogP contribution in [0.15, 0.2) is 54.4 Å². The highest BCUT2D eigenvalue weighted by Crippen LogP contribution is 2.71. The number of hydrogen-bond acceptors (Lipinski definition) is 11. The molecule has 2 aromatic carbocycles. The second kappa shape index (κ2) is 18.6. The number of halogens is 3. The van der Waals surface area contributed by atoms with Gasteiger partial charge in [-0.15, -0.1) is 17.9 Å². The third-order valence-corrected chi connectivity index (χ3v) is 15.7. The van der Waals surface area contributed by atoms with Gasteiger partial charge in [0, 0.05) is 47.3 Å². The van der Waals surface area contributed by atoms with Gasteiger partial charge in [-0.25, -0.2) is 23.5 Å². The lowest BCUT2D eigenvalue weighted by Gasteiger charge is -2.36. The van der Waals surface area contributed by atoms with Gasteiger partial charge in [0.25, 0.3) is 0 Å². The minimum Gasteiger partial charge on any atom is -0.497 e. The molecule has 2 aromatic heterocycles. The summed E-state index contributed by atoms with van der Waals surface area (Å²) in [5.41, 5.74) is 0.465. The number of rotatable bonds is 15. The van der Waals surface area contributed by atoms with E-state index in [0.29, 0.717) is 57.8 Å². The molecular formula is C45H54ClF2N6O8PS. The third kappa shape index (κ3) is 10.0. The largest absolute Gasteiger partial charge is 0.497 e. The molecule has 19 heteroatoms. The van der Waals surface area contributed by atoms with Crippen molar-refractivity contribution in [3.63, 3.8) is 0 Å². The molecule has 0 bridgehead atoms. The molecule has 3 aliphatic rings. The molecule has 3 amide bonds. The first-order valence-corrected chi connectivity index (χ1v) is 24.4. The maximum atomic E-state index is 14.9. The lowest BCUT2D eigenvalue weighted by atomic mass is 9.85. The van der Waals surface area contributed by atoms with Crippen molar-refractivity contribution in [2.75, 3.05) is 19.0 Å². The molecule has 0 radical (unpaired) electrons. The van der Waals surface area contributed by atoms with Crippen LogP contribution in [0.4, 0.5) is 18.7 Å². The highest BCUT2D eigenvalue weighted by molar-refractivity contribution is 7.59. The average molecular weight is 943 g/mol. The van der Waals surface area contributed by atoms with Crippen LogP contribution in [-0.4, -0.2) is 86.9 Å². The Morgan fingerprint density at radius 2 is 1.83 bits per heavy atom. The Labute approximate surface area is 379 Å². The van der Waals surface area contributed by atoms with Gasteiger partial charge >= 0.3 is 6.09 Å². The fourth-order valence-corrected chi connectivity index (χ4v) is 11.9. The fraction of sp³-hybridized carbons (Fsp3) is 0.489. The minimum atomic E-state index is -4.56. The summed E-state index contributed by atoms with van der Waals surface area (Å²) in [7, 11) is -3.02. The van der Waals surface area contributed by atoms with E-state index in [2.05, 4.69) is 22.5 Å². The summed E-state index contributed by atoms with van der Waals surface area (Å²) in [4.78, 5) is 65.6. The predicted octanol–water partition coefficient (Wildman–Crippen LogP) is 9.04. The van der Waals surface area contributed by atoms with Crippen LogP contribution < -0.4 is 25.4 Å². The molecule has 3 heterocycles. The van der Waals surface area contributed by atoms with Crippen molar-refractivity contribution < 1.29 is 46.8 Å². The van der Waals surface area contributed by atoms with E-state index < -0.39 is 82.9 Å². The van der Waals surface area contributed by atoms with E-state index in [-0.39, 0.29) is 37.1 Å². The molecule has 6 atom stereocenters. The maximum Gasteiger partial charge on any atom is 0.408 e. The van der Waals surface area contributed by atoms with Gasteiger partial charge in [-0.2, -0.15) is 0 Å². The van der Waals surface area contributed by atoms with Crippen molar-refractivity contribution in [2.45, 2.75) is 115 Å². The first-order chi connectivity index (χ1) is 30.2. The SMILES string of the molecule is C=C[C@@H]1C[C@]1(NC(=O)[C@@H]1C[C@@H](Oc2cc(-c3csc(NC(C)C)n3)nc3cc(OC)ccc23)CN1C(=O)C(NC(=O)OC1CCCC1)C(C)(C)C)P(=O)(O)Cc1cc(Cl)c(F)cc1F. The molecule has 2 saturated carbocycles. The van der Waals surface area contributed by atoms with Crippen LogP contribution in [0.3, 0.4) is 0 Å². The number of alkyl carbamates (subject to hydrolysis) is 1. The molecule has 0 spiro atoms. The first-order valence-electron chi connectivity index (χ1n) is 21.3. The number of amides is 3. The van der Waals surface area contributed by atoms with E-state index in [4.69, 9.17) is 35.8 Å². The highest BCUT2D eigenvalue weighted by atomic mass is 35.5. The van der Waals surface area contributed by atoms with Crippen molar-refractivity contribution >= 4 is 64.2 Å². The van der Waals surface area contributed by atoms with Crippen LogP contribution in [0.1, 0.15) is 78.7 Å². The summed E-state index contributed by atoms with van der Waals surface area (Å²) in [5.74, 6) is -3.21. The topological polar surface area (TPSA) is 181 Å². The molecular weight excluding hydrogens is 889 g/mol. The summed E-state index contributed by atoms with van der Waals surface area (Å²) >= 11 is 7.35. The number of benzene rings is 2. The number of anilines is 1. The van der Waals surface area contributed by atoms with E-state index in [9.17, 15) is 32.6 Å². The van der Waals surface area contributed by atoms with E-state index >= 15 is 0 Å². The van der Waals surface area contributed by atoms with Crippen molar-refractivity contribution in [2.24, 2.45) is 11.3 Å². The Balaban J connectivity index is 1.23. The molecule has 14 nitrogen and oxygen atoms in total. The average Bonchev–Trinajstić information content (AvgIpc) is 3.62. The van der Waals surface area contributed by atoms with Gasteiger partial charge in [0.1, 0.15) is 58.4 Å². The van der Waals surface area contributed by atoms with E-state index in [1.54, 1.807) is 52.1 Å². The standard InChI is InChI=1S/C45H54ClF2N6O8PS/c1-8-26-20-45(26,63(58,59)22-25-15-31(46)33(48)18-32(25)47)53-40(55)37-17-29(21-54(37)41(56)39(44(4,5)6)52-43(57)62-27-11-9-10-12-27)61-38-19-35(36-23-64-42(51-36)49-24(2)3)50-34-16-28(60-7)13-14-30(34)38/h8,13-16,18-19,23-24,26-27,29,37,39H,1,9-12,17,20-22H2,2-7H3,(H,49,51)(H,52,57)(H,53,55)(H,58,59)/t26-,29-,37+,39?,45+/m1/s1. The van der Waals surface area contributed by atoms with Crippen LogP contribution in [0.2, 0.25) is 5.02 Å². The number of thiazole rings is 1. The van der Waals surface area contributed by atoms with Gasteiger partial charge in [0.05, 0.1) is 36.0 Å². The van der Waals surface area contributed by atoms with Crippen molar-refractivity contribution in [1.82, 2.24) is 25.5 Å². The number of pyridine rings is 1. The molecule has 2 unspecified atom stereocenters. The Morgan fingerprint density at radius 3 is 2.48 bits per heavy atom. The number of aromatic nitrogens is 2. The zero-order valence-electron chi connectivity index (χ0n) is 36.6. The fourth-order valence-electron chi connectivity index (χ4n) is 8.46. The first kappa shape index (κ1) is 47.1. The molecule has 4 aromatic rings. The number of carbonyl (C=O) groups excluding carboxylic acids is 3. The third-order valence-electron chi connectivity index (χ3n) is 12.0. The van der Waals surface area contributed by atoms with E-state index in [0.717, 1.165) is 18.9 Å². The van der Waals surface area contributed by atoms with Crippen LogP contribution in [0.5, 0.6) is 11.5 Å². The van der Waals surface area contributed by atoms with Crippen molar-refractivity contribution in [3.8, 4) is 22.9 Å². The monoisotopic (exact) mass is 942 g/mol. The molecule has 3 fully saturated rings. The molecule has 344 valence electrons. The zero-order chi connectivity index (χ0) is 46.3. The summed E-state index contributed by atoms with van der Waals surface area (Å²) < 4.78 is 61.3. The summed E-state index contributed by atoms with van der Waals surface area (Å²) in [6.07, 6.45) is 2.03. The molecule has 2 aliphatic carbocycles. The van der Waals surface area contributed by atoms with E-state index in [1.807, 2.05) is 19.2 Å². The molecule has 1 saturated heterocycles. The number of nitrogens with one attached hydrogen (secondary N) is 3. The number of methoxy groups -OCH3 is 1. The Kier molecular flexibility index (Phi) is 13.7. The Bertz CT molecular complexity index is 2500. The zero-order valence-corrected chi connectivity index (χ0v) is 39.0. The predicted molar refractivity (Wildman–Crippen MR) is 242 cm³/mol. The molecule has 1 aliphatic heterocycles. The van der Waals surface area contributed by atoms with Gasteiger partial charge in [-0.3, -0.25) is 14.2 Å². The number of fused-ring (bicyclic) bond motifs is 1. The van der Waals surface area contributed by atoms with Crippen LogP contribution in [-0.2, 0) is 25.1 Å². The lowest BCUT2D eigenvalue weighted by Crippen LogP contribution is -2.58. The van der Waals surface area contributed by atoms with Gasteiger partial charge in [-0.1, -0.05) is 38.4 Å². The smallest absolute Gasteiger partial charge is 0.408 e. The number of ether oxygens (including phenoxy) is 3. The second-order valence-corrected chi connectivity index (χ2v) is 21.9. The second-order valence-electron chi connectivity index (χ2n) is 18.1. The van der Waals surface area contributed by atoms with Crippen LogP contribution >= 0.6 is 30.3 Å². The number of hydrogen-bond donors (Lipinski definition) is 4. The van der Waals surface area contributed by atoms with Gasteiger partial charge in [0.15, 0.2) is 5.13 Å². The molecule has 4 N–H and O–H groups in total. The number of carbonyl (C=O) groups is 3. The normalized spacial score (nSPS) is 22.5. The minimum absolute atomic E-state index is 0.00734. The van der Waals surface area contributed by atoms with Gasteiger partial charge in [-0.05, 0) is 75.1 Å². The van der Waals surface area contributed by atoms with Crippen molar-refractivity contribution in [3.05, 3.63) is 76.7 Å². The maximum absolute atomic E-state index is 14.9. The van der Waals surface area contributed by atoms with Gasteiger partial charge < -0.3 is 40.0 Å². The number of nitrogens with zero attached hydrogens (tertiary/aromatic N) is 3. The summed E-state index contributed by atoms with van der Waals surface area (Å²) in [6.45, 7) is 13.0. The lowest BCUT2D eigenvalue weighted by molar-refractivity contribution is -0.142. The molecule has 64 heavy (non-hydrogen) atoms. The molecule has 7 rings (SSSR count). The van der Waals surface area contributed by atoms with Gasteiger partial charge in [0.2, 0.25) is 19.2 Å². The van der Waals surface area contributed by atoms with E-state index in [1.165, 1.54) is 22.3 Å². The van der Waals surface area contributed by atoms with Crippen molar-refractivity contribution in [1.29, 1.82) is 0 Å². The summed E-state index contributed by atoms with van der Waals surface area (Å²) in [6, 6.07) is 6.27. The Morgan fingerprint density at radius 1 is 1.09 bits per heavy atom.